The normalized spacial score (nSPS) is 14.1. The Hall–Kier alpha value is -2.38. The van der Waals surface area contributed by atoms with Gasteiger partial charge in [-0.1, -0.05) is 24.3 Å². The van der Waals surface area contributed by atoms with E-state index in [1.807, 2.05) is 0 Å². The first-order valence-corrected chi connectivity index (χ1v) is 9.70. The Morgan fingerprint density at radius 3 is 2.44 bits per heavy atom. The number of benzene rings is 2. The highest BCUT2D eigenvalue weighted by molar-refractivity contribution is 7.92. The summed E-state index contributed by atoms with van der Waals surface area (Å²) in [5, 5.41) is 5.88. The van der Waals surface area contributed by atoms with Crippen LogP contribution in [0.5, 0.6) is 0 Å². The van der Waals surface area contributed by atoms with Crippen LogP contribution in [0, 0.1) is 5.92 Å². The summed E-state index contributed by atoms with van der Waals surface area (Å²) in [7, 11) is -3.65. The molecule has 6 nitrogen and oxygen atoms in total. The SMILES string of the molecule is O=C(CNCC1CC1)Nc1cccc(NS(=O)(=O)c2ccccc2)c1. The largest absolute Gasteiger partial charge is 0.325 e. The van der Waals surface area contributed by atoms with Gasteiger partial charge in [-0.25, -0.2) is 8.42 Å². The molecular weight excluding hydrogens is 338 g/mol. The molecule has 0 bridgehead atoms. The molecule has 0 heterocycles. The molecule has 132 valence electrons. The first-order chi connectivity index (χ1) is 12.0. The van der Waals surface area contributed by atoms with E-state index in [0.29, 0.717) is 17.3 Å². The van der Waals surface area contributed by atoms with Crippen molar-refractivity contribution in [2.24, 2.45) is 5.92 Å². The van der Waals surface area contributed by atoms with E-state index in [2.05, 4.69) is 15.4 Å². The highest BCUT2D eigenvalue weighted by Gasteiger charge is 2.20. The number of hydrogen-bond acceptors (Lipinski definition) is 4. The molecule has 0 aliphatic heterocycles. The van der Waals surface area contributed by atoms with Gasteiger partial charge >= 0.3 is 0 Å². The van der Waals surface area contributed by atoms with E-state index in [-0.39, 0.29) is 17.3 Å². The maximum atomic E-state index is 12.3. The van der Waals surface area contributed by atoms with Crippen molar-refractivity contribution in [2.45, 2.75) is 17.7 Å². The zero-order valence-electron chi connectivity index (χ0n) is 13.7. The van der Waals surface area contributed by atoms with Gasteiger partial charge in [-0.2, -0.15) is 0 Å². The number of rotatable bonds is 8. The van der Waals surface area contributed by atoms with Gasteiger partial charge in [0.2, 0.25) is 5.91 Å². The summed E-state index contributed by atoms with van der Waals surface area (Å²) in [4.78, 5) is 12.1. The first kappa shape index (κ1) is 17.4. The van der Waals surface area contributed by atoms with Crippen LogP contribution in [0.2, 0.25) is 0 Å². The lowest BCUT2D eigenvalue weighted by Crippen LogP contribution is -2.29. The summed E-state index contributed by atoms with van der Waals surface area (Å²) in [6, 6.07) is 14.8. The van der Waals surface area contributed by atoms with E-state index in [4.69, 9.17) is 0 Å². The van der Waals surface area contributed by atoms with Crippen molar-refractivity contribution in [3.05, 3.63) is 54.6 Å². The van der Waals surface area contributed by atoms with Crippen LogP contribution in [0.1, 0.15) is 12.8 Å². The predicted octanol–water partition coefficient (Wildman–Crippen LogP) is 2.43. The second kappa shape index (κ2) is 7.67. The third kappa shape index (κ3) is 5.30. The van der Waals surface area contributed by atoms with Crippen LogP contribution in [0.15, 0.2) is 59.5 Å². The molecule has 0 aromatic heterocycles. The molecule has 0 spiro atoms. The van der Waals surface area contributed by atoms with E-state index < -0.39 is 10.0 Å². The van der Waals surface area contributed by atoms with Gasteiger partial charge < -0.3 is 10.6 Å². The zero-order chi connectivity index (χ0) is 17.7. The Bertz CT molecular complexity index is 834. The molecule has 2 aromatic carbocycles. The van der Waals surface area contributed by atoms with Gasteiger partial charge in [0.05, 0.1) is 17.1 Å². The van der Waals surface area contributed by atoms with E-state index in [9.17, 15) is 13.2 Å². The predicted molar refractivity (Wildman–Crippen MR) is 97.9 cm³/mol. The quantitative estimate of drug-likeness (QED) is 0.675. The standard InChI is InChI=1S/C18H21N3O3S/c22-18(13-19-12-14-9-10-14)20-15-5-4-6-16(11-15)21-25(23,24)17-7-2-1-3-8-17/h1-8,11,14,19,21H,9-10,12-13H2,(H,20,22). The van der Waals surface area contributed by atoms with Crippen LogP contribution in [0.4, 0.5) is 11.4 Å². The Morgan fingerprint density at radius 2 is 1.72 bits per heavy atom. The van der Waals surface area contributed by atoms with Crippen molar-refractivity contribution < 1.29 is 13.2 Å². The van der Waals surface area contributed by atoms with Crippen LogP contribution >= 0.6 is 0 Å². The minimum absolute atomic E-state index is 0.149. The molecule has 0 unspecified atom stereocenters. The van der Waals surface area contributed by atoms with E-state index in [0.717, 1.165) is 6.54 Å². The van der Waals surface area contributed by atoms with Crippen molar-refractivity contribution in [1.82, 2.24) is 5.32 Å². The van der Waals surface area contributed by atoms with E-state index >= 15 is 0 Å². The molecule has 7 heteroatoms. The number of carbonyl (C=O) groups excluding carboxylic acids is 1. The van der Waals surface area contributed by atoms with Gasteiger partial charge in [-0.05, 0) is 55.6 Å². The molecule has 0 saturated heterocycles. The second-order valence-corrected chi connectivity index (χ2v) is 7.80. The van der Waals surface area contributed by atoms with Gasteiger partial charge in [-0.3, -0.25) is 9.52 Å². The topological polar surface area (TPSA) is 87.3 Å². The summed E-state index contributed by atoms with van der Waals surface area (Å²) in [5.41, 5.74) is 0.944. The summed E-state index contributed by atoms with van der Waals surface area (Å²) < 4.78 is 27.2. The van der Waals surface area contributed by atoms with Crippen LogP contribution in [0.25, 0.3) is 0 Å². The lowest BCUT2D eigenvalue weighted by Gasteiger charge is -2.10. The van der Waals surface area contributed by atoms with Gasteiger partial charge in [-0.15, -0.1) is 0 Å². The smallest absolute Gasteiger partial charge is 0.261 e. The summed E-state index contributed by atoms with van der Waals surface area (Å²) in [6.07, 6.45) is 2.47. The Labute approximate surface area is 147 Å². The number of anilines is 2. The van der Waals surface area contributed by atoms with Crippen LogP contribution in [0.3, 0.4) is 0 Å². The molecule has 3 N–H and O–H groups in total. The molecule has 0 atom stereocenters. The zero-order valence-corrected chi connectivity index (χ0v) is 14.6. The molecule has 1 fully saturated rings. The van der Waals surface area contributed by atoms with E-state index in [1.165, 1.54) is 25.0 Å². The van der Waals surface area contributed by atoms with E-state index in [1.54, 1.807) is 42.5 Å². The summed E-state index contributed by atoms with van der Waals surface area (Å²) in [5.74, 6) is 0.562. The monoisotopic (exact) mass is 359 g/mol. The van der Waals surface area contributed by atoms with Gasteiger partial charge in [0.15, 0.2) is 0 Å². The highest BCUT2D eigenvalue weighted by Crippen LogP contribution is 2.27. The fourth-order valence-electron chi connectivity index (χ4n) is 2.39. The molecule has 25 heavy (non-hydrogen) atoms. The first-order valence-electron chi connectivity index (χ1n) is 8.21. The fraction of sp³-hybridized carbons (Fsp3) is 0.278. The highest BCUT2D eigenvalue weighted by atomic mass is 32.2. The third-order valence-electron chi connectivity index (χ3n) is 3.87. The number of carbonyl (C=O) groups is 1. The van der Waals surface area contributed by atoms with Crippen LogP contribution in [-0.4, -0.2) is 27.4 Å². The van der Waals surface area contributed by atoms with Gasteiger partial charge in [0.25, 0.3) is 10.0 Å². The third-order valence-corrected chi connectivity index (χ3v) is 5.26. The number of sulfonamides is 1. The lowest BCUT2D eigenvalue weighted by atomic mass is 10.3. The summed E-state index contributed by atoms with van der Waals surface area (Å²) in [6.45, 7) is 1.11. The minimum Gasteiger partial charge on any atom is -0.325 e. The summed E-state index contributed by atoms with van der Waals surface area (Å²) >= 11 is 0. The molecule has 1 aliphatic rings. The molecule has 3 rings (SSSR count). The van der Waals surface area contributed by atoms with Crippen LogP contribution < -0.4 is 15.4 Å². The van der Waals surface area contributed by atoms with Crippen molar-refractivity contribution in [3.63, 3.8) is 0 Å². The number of nitrogens with one attached hydrogen (secondary N) is 3. The molecule has 1 amide bonds. The van der Waals surface area contributed by atoms with Crippen LogP contribution in [-0.2, 0) is 14.8 Å². The van der Waals surface area contributed by atoms with Gasteiger partial charge in [0.1, 0.15) is 0 Å². The lowest BCUT2D eigenvalue weighted by molar-refractivity contribution is -0.115. The van der Waals surface area contributed by atoms with Crippen molar-refractivity contribution in [3.8, 4) is 0 Å². The molecule has 0 radical (unpaired) electrons. The number of hydrogen-bond donors (Lipinski definition) is 3. The molecular formula is C18H21N3O3S. The second-order valence-electron chi connectivity index (χ2n) is 6.12. The molecule has 2 aromatic rings. The number of amides is 1. The van der Waals surface area contributed by atoms with Gasteiger partial charge in [0, 0.05) is 5.69 Å². The molecule has 1 saturated carbocycles. The Balaban J connectivity index is 1.60. The van der Waals surface area contributed by atoms with Crippen molar-refractivity contribution >= 4 is 27.3 Å². The Morgan fingerprint density at radius 1 is 1.00 bits per heavy atom. The minimum atomic E-state index is -3.65. The van der Waals surface area contributed by atoms with Crippen molar-refractivity contribution in [2.75, 3.05) is 23.1 Å². The average molecular weight is 359 g/mol. The van der Waals surface area contributed by atoms with Crippen molar-refractivity contribution in [1.29, 1.82) is 0 Å². The Kier molecular flexibility index (Phi) is 5.35. The maximum Gasteiger partial charge on any atom is 0.261 e. The maximum absolute atomic E-state index is 12.3. The molecule has 1 aliphatic carbocycles. The fourth-order valence-corrected chi connectivity index (χ4v) is 3.46. The average Bonchev–Trinajstić information content (AvgIpc) is 3.40.